The molecule has 4 nitrogen and oxygen atoms in total. The number of nitro groups is 1. The topological polar surface area (TPSA) is 60.2 Å². The van der Waals surface area contributed by atoms with E-state index in [2.05, 4.69) is 6.92 Å². The third kappa shape index (κ3) is 17.6. The molecule has 0 aromatic rings. The maximum Gasteiger partial charge on any atom is 0.231 e. The quantitative estimate of drug-likeness (QED) is 0.101. The average molecular weight is 367 g/mol. The summed E-state index contributed by atoms with van der Waals surface area (Å²) in [6.45, 7) is 2.21. The van der Waals surface area contributed by atoms with Crippen LogP contribution in [0.3, 0.4) is 0 Å². The van der Waals surface area contributed by atoms with Crippen molar-refractivity contribution in [2.45, 2.75) is 122 Å². The lowest BCUT2D eigenvalue weighted by Crippen LogP contribution is -2.16. The van der Waals surface area contributed by atoms with Crippen LogP contribution in [0, 0.1) is 10.1 Å². The highest BCUT2D eigenvalue weighted by Crippen LogP contribution is 2.13. The third-order valence-electron chi connectivity index (χ3n) is 4.88. The Labute approximate surface area is 161 Å². The molecule has 26 heavy (non-hydrogen) atoms. The second kappa shape index (κ2) is 20.1. The van der Waals surface area contributed by atoms with E-state index in [1.807, 2.05) is 18.4 Å². The Bertz CT molecular complexity index is 355. The number of unbranched alkanes of at least 4 members (excludes halogenated alkanes) is 14. The van der Waals surface area contributed by atoms with E-state index in [1.54, 1.807) is 0 Å². The second-order valence-electron chi connectivity index (χ2n) is 7.35. The molecule has 0 saturated heterocycles. The van der Waals surface area contributed by atoms with Gasteiger partial charge in [-0.1, -0.05) is 83.6 Å². The van der Waals surface area contributed by atoms with E-state index in [-0.39, 0.29) is 4.92 Å². The first-order chi connectivity index (χ1) is 12.7. The lowest BCUT2D eigenvalue weighted by molar-refractivity contribution is -0.510. The van der Waals surface area contributed by atoms with Gasteiger partial charge in [0.1, 0.15) is 0 Å². The molecule has 0 bridgehead atoms. The highest BCUT2D eigenvalue weighted by Gasteiger charge is 2.14. The summed E-state index contributed by atoms with van der Waals surface area (Å²) >= 11 is 0. The summed E-state index contributed by atoms with van der Waals surface area (Å²) in [6, 6.07) is -0.500. The first-order valence-corrected chi connectivity index (χ1v) is 10.9. The van der Waals surface area contributed by atoms with E-state index in [4.69, 9.17) is 0 Å². The standard InChI is InChI=1S/C22H40NO3/c1-2-3-4-5-10-13-16-19-22(23(25)26)20-17-14-11-8-6-7-9-12-15-18-21-24/h16,19,22H,2-15,17-18,20H2,1H3/b19-16+. The van der Waals surface area contributed by atoms with Gasteiger partial charge in [-0.15, -0.1) is 0 Å². The Balaban J connectivity index is 3.56. The summed E-state index contributed by atoms with van der Waals surface area (Å²) in [4.78, 5) is 21.1. The maximum atomic E-state index is 11.1. The lowest BCUT2D eigenvalue weighted by Gasteiger charge is -2.05. The van der Waals surface area contributed by atoms with Crippen LogP contribution in [0.25, 0.3) is 0 Å². The van der Waals surface area contributed by atoms with Crippen molar-refractivity contribution >= 4 is 6.29 Å². The van der Waals surface area contributed by atoms with E-state index in [0.717, 1.165) is 38.5 Å². The second-order valence-corrected chi connectivity index (χ2v) is 7.35. The molecule has 1 radical (unpaired) electrons. The fourth-order valence-electron chi connectivity index (χ4n) is 3.18. The minimum absolute atomic E-state index is 0.135. The number of carbonyl (C=O) groups excluding carboxylic acids is 1. The van der Waals surface area contributed by atoms with Crippen LogP contribution in [-0.4, -0.2) is 17.3 Å². The van der Waals surface area contributed by atoms with Crippen molar-refractivity contribution in [1.82, 2.24) is 0 Å². The van der Waals surface area contributed by atoms with Crippen LogP contribution in [0.5, 0.6) is 0 Å². The zero-order chi connectivity index (χ0) is 19.3. The Morgan fingerprint density at radius 3 is 1.96 bits per heavy atom. The van der Waals surface area contributed by atoms with Gasteiger partial charge in [0.25, 0.3) is 0 Å². The molecule has 0 saturated carbocycles. The summed E-state index contributed by atoms with van der Waals surface area (Å²) < 4.78 is 0. The summed E-state index contributed by atoms with van der Waals surface area (Å²) in [6.07, 6.45) is 24.4. The molecule has 4 heteroatoms. The predicted molar refractivity (Wildman–Crippen MR) is 110 cm³/mol. The Morgan fingerprint density at radius 1 is 0.846 bits per heavy atom. The molecular formula is C22H40NO3. The van der Waals surface area contributed by atoms with Crippen molar-refractivity contribution in [3.63, 3.8) is 0 Å². The van der Waals surface area contributed by atoms with Crippen LogP contribution >= 0.6 is 0 Å². The number of allylic oxidation sites excluding steroid dienone is 1. The number of hydrogen-bond donors (Lipinski definition) is 0. The van der Waals surface area contributed by atoms with Gasteiger partial charge in [0.05, 0.1) is 0 Å². The van der Waals surface area contributed by atoms with Crippen molar-refractivity contribution in [3.05, 3.63) is 22.3 Å². The van der Waals surface area contributed by atoms with Crippen LogP contribution in [0.2, 0.25) is 0 Å². The van der Waals surface area contributed by atoms with Crippen LogP contribution in [0.1, 0.15) is 116 Å². The third-order valence-corrected chi connectivity index (χ3v) is 4.88. The summed E-state index contributed by atoms with van der Waals surface area (Å²) in [5, 5.41) is 11.1. The zero-order valence-electron chi connectivity index (χ0n) is 16.9. The van der Waals surface area contributed by atoms with Gasteiger partial charge in [-0.05, 0) is 31.8 Å². The van der Waals surface area contributed by atoms with Gasteiger partial charge in [-0.2, -0.15) is 0 Å². The van der Waals surface area contributed by atoms with E-state index < -0.39 is 6.04 Å². The van der Waals surface area contributed by atoms with Gasteiger partial charge in [-0.3, -0.25) is 14.9 Å². The molecule has 0 rings (SSSR count). The maximum absolute atomic E-state index is 11.1. The molecule has 0 heterocycles. The molecule has 0 N–H and O–H groups in total. The molecule has 151 valence electrons. The zero-order valence-corrected chi connectivity index (χ0v) is 16.9. The molecule has 0 aromatic carbocycles. The number of nitrogens with zero attached hydrogens (tertiary/aromatic N) is 1. The predicted octanol–water partition coefficient (Wildman–Crippen LogP) is 6.95. The van der Waals surface area contributed by atoms with E-state index in [9.17, 15) is 14.9 Å². The van der Waals surface area contributed by atoms with Gasteiger partial charge in [0.2, 0.25) is 6.04 Å². The van der Waals surface area contributed by atoms with Crippen LogP contribution < -0.4 is 0 Å². The van der Waals surface area contributed by atoms with Gasteiger partial charge in [0, 0.05) is 17.8 Å². The van der Waals surface area contributed by atoms with Gasteiger partial charge in [-0.25, -0.2) is 0 Å². The van der Waals surface area contributed by atoms with Crippen molar-refractivity contribution in [3.8, 4) is 0 Å². The minimum Gasteiger partial charge on any atom is -0.291 e. The normalized spacial score (nSPS) is 12.5. The van der Waals surface area contributed by atoms with Crippen LogP contribution in [-0.2, 0) is 4.79 Å². The first kappa shape index (κ1) is 24.8. The van der Waals surface area contributed by atoms with Crippen LogP contribution in [0.15, 0.2) is 12.2 Å². The summed E-state index contributed by atoms with van der Waals surface area (Å²) in [5.41, 5.74) is 0. The monoisotopic (exact) mass is 366 g/mol. The Morgan fingerprint density at radius 2 is 1.38 bits per heavy atom. The van der Waals surface area contributed by atoms with E-state index >= 15 is 0 Å². The number of rotatable bonds is 20. The van der Waals surface area contributed by atoms with Crippen LogP contribution in [0.4, 0.5) is 0 Å². The minimum atomic E-state index is -0.500. The molecule has 1 atom stereocenters. The fraction of sp³-hybridized carbons (Fsp3) is 0.864. The SMILES string of the molecule is CCCCCCC/C=C/C(CCCCCCCCCCC[C]=O)[N+](=O)[O-]. The molecule has 0 fully saturated rings. The highest BCUT2D eigenvalue weighted by atomic mass is 16.6. The molecule has 0 aliphatic heterocycles. The number of hydrogen-bond acceptors (Lipinski definition) is 3. The first-order valence-electron chi connectivity index (χ1n) is 10.9. The van der Waals surface area contributed by atoms with E-state index in [0.29, 0.717) is 12.8 Å². The van der Waals surface area contributed by atoms with Gasteiger partial charge >= 0.3 is 0 Å². The summed E-state index contributed by atoms with van der Waals surface area (Å²) in [7, 11) is 0. The highest BCUT2D eigenvalue weighted by molar-refractivity contribution is 5.50. The van der Waals surface area contributed by atoms with Crippen molar-refractivity contribution in [1.29, 1.82) is 0 Å². The molecule has 0 spiro atoms. The molecule has 1 unspecified atom stereocenters. The largest absolute Gasteiger partial charge is 0.291 e. The lowest BCUT2D eigenvalue weighted by atomic mass is 10.0. The Kier molecular flexibility index (Phi) is 19.2. The molecule has 0 amide bonds. The Hall–Kier alpha value is -1.19. The summed E-state index contributed by atoms with van der Waals surface area (Å²) in [5.74, 6) is 0. The average Bonchev–Trinajstić information content (AvgIpc) is 2.63. The molecular weight excluding hydrogens is 326 g/mol. The molecule has 0 aliphatic rings. The fourth-order valence-corrected chi connectivity index (χ4v) is 3.18. The molecule has 0 aromatic heterocycles. The van der Waals surface area contributed by atoms with Crippen molar-refractivity contribution < 1.29 is 9.72 Å². The molecule has 0 aliphatic carbocycles. The van der Waals surface area contributed by atoms with Crippen molar-refractivity contribution in [2.75, 3.05) is 0 Å². The smallest absolute Gasteiger partial charge is 0.231 e. The van der Waals surface area contributed by atoms with Crippen molar-refractivity contribution in [2.24, 2.45) is 0 Å². The van der Waals surface area contributed by atoms with Gasteiger partial charge < -0.3 is 0 Å². The van der Waals surface area contributed by atoms with Gasteiger partial charge in [0.15, 0.2) is 6.29 Å². The van der Waals surface area contributed by atoms with E-state index in [1.165, 1.54) is 57.8 Å².